The van der Waals surface area contributed by atoms with Gasteiger partial charge in [-0.1, -0.05) is 6.42 Å². The van der Waals surface area contributed by atoms with E-state index in [1.807, 2.05) is 6.92 Å². The molecular weight excluding hydrogens is 271 g/mol. The zero-order chi connectivity index (χ0) is 15.0. The number of hydrogen-bond donors (Lipinski definition) is 1. The third kappa shape index (κ3) is 2.88. The molecule has 1 fully saturated rings. The number of amides is 1. The fourth-order valence-corrected chi connectivity index (χ4v) is 3.30. The molecule has 1 aliphatic carbocycles. The first kappa shape index (κ1) is 14.3. The van der Waals surface area contributed by atoms with Crippen molar-refractivity contribution in [1.82, 2.24) is 0 Å². The summed E-state index contributed by atoms with van der Waals surface area (Å²) in [5, 5.41) is 0. The maximum atomic E-state index is 13.4. The second kappa shape index (κ2) is 5.64. The van der Waals surface area contributed by atoms with E-state index in [4.69, 9.17) is 10.5 Å². The maximum absolute atomic E-state index is 13.4. The van der Waals surface area contributed by atoms with Gasteiger partial charge in [-0.15, -0.1) is 0 Å². The molecule has 0 saturated heterocycles. The molecule has 1 amide bonds. The molecule has 1 aromatic carbocycles. The van der Waals surface area contributed by atoms with Crippen molar-refractivity contribution >= 4 is 11.6 Å². The van der Waals surface area contributed by atoms with Gasteiger partial charge in [0.25, 0.3) is 0 Å². The molecule has 1 heterocycles. The number of benzene rings is 1. The highest BCUT2D eigenvalue weighted by Crippen LogP contribution is 2.36. The molecule has 0 aromatic heterocycles. The molecular formula is C16H21FN2O2. The van der Waals surface area contributed by atoms with Gasteiger partial charge in [0.05, 0.1) is 12.2 Å². The van der Waals surface area contributed by atoms with Crippen molar-refractivity contribution in [3.63, 3.8) is 0 Å². The summed E-state index contributed by atoms with van der Waals surface area (Å²) in [6.45, 7) is 2.39. The Balaban J connectivity index is 1.86. The third-order valence-corrected chi connectivity index (χ3v) is 4.31. The highest BCUT2D eigenvalue weighted by atomic mass is 19.1. The third-order valence-electron chi connectivity index (χ3n) is 4.31. The Morgan fingerprint density at radius 2 is 2.24 bits per heavy atom. The zero-order valence-electron chi connectivity index (χ0n) is 12.2. The molecule has 0 unspecified atom stereocenters. The van der Waals surface area contributed by atoms with Crippen LogP contribution in [0.4, 0.5) is 10.1 Å². The predicted molar refractivity (Wildman–Crippen MR) is 78.8 cm³/mol. The van der Waals surface area contributed by atoms with E-state index < -0.39 is 0 Å². The fraction of sp³-hybridized carbons (Fsp3) is 0.562. The van der Waals surface area contributed by atoms with Crippen molar-refractivity contribution in [1.29, 1.82) is 0 Å². The first-order chi connectivity index (χ1) is 10.0. The van der Waals surface area contributed by atoms with Crippen LogP contribution in [0.25, 0.3) is 0 Å². The number of hydrogen-bond acceptors (Lipinski definition) is 3. The molecule has 0 radical (unpaired) electrons. The number of nitrogens with two attached hydrogens (primary N) is 1. The zero-order valence-corrected chi connectivity index (χ0v) is 12.2. The van der Waals surface area contributed by atoms with Crippen LogP contribution in [-0.2, 0) is 4.79 Å². The Kier molecular flexibility index (Phi) is 3.85. The van der Waals surface area contributed by atoms with Gasteiger partial charge in [-0.25, -0.2) is 4.39 Å². The van der Waals surface area contributed by atoms with Gasteiger partial charge in [0, 0.05) is 18.0 Å². The van der Waals surface area contributed by atoms with Crippen LogP contribution in [0.3, 0.4) is 0 Å². The highest BCUT2D eigenvalue weighted by molar-refractivity contribution is 5.97. The standard InChI is InChI=1S/C16H21FN2O2/c1-10-9-19(14-6-5-12(17)8-15(14)21-10)16(20)11-3-2-4-13(18)7-11/h5-6,8,10-11,13H,2-4,7,9,18H2,1H3/t10-,11-,13+/m1/s1. The molecule has 2 N–H and O–H groups in total. The fourth-order valence-electron chi connectivity index (χ4n) is 3.30. The first-order valence-corrected chi connectivity index (χ1v) is 7.58. The Morgan fingerprint density at radius 3 is 3.00 bits per heavy atom. The Bertz CT molecular complexity index is 549. The van der Waals surface area contributed by atoms with Crippen LogP contribution in [0.1, 0.15) is 32.6 Å². The molecule has 3 atom stereocenters. The Labute approximate surface area is 124 Å². The minimum atomic E-state index is -0.352. The molecule has 0 spiro atoms. The summed E-state index contributed by atoms with van der Waals surface area (Å²) in [6.07, 6.45) is 3.47. The van der Waals surface area contributed by atoms with Gasteiger partial charge < -0.3 is 15.4 Å². The predicted octanol–water partition coefficient (Wildman–Crippen LogP) is 2.46. The topological polar surface area (TPSA) is 55.6 Å². The monoisotopic (exact) mass is 292 g/mol. The van der Waals surface area contributed by atoms with Crippen LogP contribution < -0.4 is 15.4 Å². The average Bonchev–Trinajstić information content (AvgIpc) is 2.45. The molecule has 0 bridgehead atoms. The van der Waals surface area contributed by atoms with Crippen LogP contribution in [0.15, 0.2) is 18.2 Å². The van der Waals surface area contributed by atoms with Crippen molar-refractivity contribution in [2.24, 2.45) is 11.7 Å². The van der Waals surface area contributed by atoms with Gasteiger partial charge in [0.1, 0.15) is 17.7 Å². The van der Waals surface area contributed by atoms with E-state index in [0.29, 0.717) is 18.0 Å². The lowest BCUT2D eigenvalue weighted by Crippen LogP contribution is -2.46. The number of carbonyl (C=O) groups is 1. The minimum absolute atomic E-state index is 0.0306. The summed E-state index contributed by atoms with van der Waals surface area (Å²) >= 11 is 0. The Hall–Kier alpha value is -1.62. The summed E-state index contributed by atoms with van der Waals surface area (Å²) in [4.78, 5) is 14.6. The molecule has 5 heteroatoms. The van der Waals surface area contributed by atoms with E-state index in [1.165, 1.54) is 12.1 Å². The van der Waals surface area contributed by atoms with E-state index in [-0.39, 0.29) is 29.8 Å². The SMILES string of the molecule is C[C@@H]1CN(C(=O)[C@@H]2CCC[C@H](N)C2)c2ccc(F)cc2O1. The molecule has 2 aliphatic rings. The molecule has 4 nitrogen and oxygen atoms in total. The number of ether oxygens (including phenoxy) is 1. The van der Waals surface area contributed by atoms with Crippen molar-refractivity contribution in [3.05, 3.63) is 24.0 Å². The van der Waals surface area contributed by atoms with Crippen LogP contribution >= 0.6 is 0 Å². The number of fused-ring (bicyclic) bond motifs is 1. The van der Waals surface area contributed by atoms with Gasteiger partial charge in [0.15, 0.2) is 0 Å². The summed E-state index contributed by atoms with van der Waals surface area (Å²) in [5.74, 6) is 0.155. The lowest BCUT2D eigenvalue weighted by atomic mass is 9.85. The molecule has 1 saturated carbocycles. The van der Waals surface area contributed by atoms with Crippen molar-refractivity contribution in [2.45, 2.75) is 44.8 Å². The van der Waals surface area contributed by atoms with Crippen LogP contribution in [0, 0.1) is 11.7 Å². The summed E-state index contributed by atoms with van der Waals surface area (Å²) in [5.41, 5.74) is 6.65. The smallest absolute Gasteiger partial charge is 0.230 e. The Morgan fingerprint density at radius 1 is 1.43 bits per heavy atom. The molecule has 1 aliphatic heterocycles. The lowest BCUT2D eigenvalue weighted by molar-refractivity contribution is -0.124. The summed E-state index contributed by atoms with van der Waals surface area (Å²) in [6, 6.07) is 4.44. The molecule has 1 aromatic rings. The average molecular weight is 292 g/mol. The van der Waals surface area contributed by atoms with Crippen LogP contribution in [0.2, 0.25) is 0 Å². The van der Waals surface area contributed by atoms with Crippen molar-refractivity contribution < 1.29 is 13.9 Å². The number of rotatable bonds is 1. The molecule has 3 rings (SSSR count). The largest absolute Gasteiger partial charge is 0.487 e. The highest BCUT2D eigenvalue weighted by Gasteiger charge is 2.34. The van der Waals surface area contributed by atoms with Gasteiger partial charge in [-0.2, -0.15) is 0 Å². The second-order valence-corrected chi connectivity index (χ2v) is 6.11. The molecule has 21 heavy (non-hydrogen) atoms. The number of halogens is 1. The molecule has 114 valence electrons. The minimum Gasteiger partial charge on any atom is -0.487 e. The van der Waals surface area contributed by atoms with E-state index in [0.717, 1.165) is 25.7 Å². The number of nitrogens with zero attached hydrogens (tertiary/aromatic N) is 1. The summed E-state index contributed by atoms with van der Waals surface area (Å²) in [7, 11) is 0. The van der Waals surface area contributed by atoms with Gasteiger partial charge >= 0.3 is 0 Å². The van der Waals surface area contributed by atoms with E-state index in [9.17, 15) is 9.18 Å². The normalized spacial score (nSPS) is 28.7. The number of anilines is 1. The second-order valence-electron chi connectivity index (χ2n) is 6.11. The van der Waals surface area contributed by atoms with Gasteiger partial charge in [0.2, 0.25) is 5.91 Å². The van der Waals surface area contributed by atoms with Crippen molar-refractivity contribution in [3.8, 4) is 5.75 Å². The maximum Gasteiger partial charge on any atom is 0.230 e. The van der Waals surface area contributed by atoms with Crippen LogP contribution in [0.5, 0.6) is 5.75 Å². The first-order valence-electron chi connectivity index (χ1n) is 7.58. The summed E-state index contributed by atoms with van der Waals surface area (Å²) < 4.78 is 19.0. The van der Waals surface area contributed by atoms with E-state index in [2.05, 4.69) is 0 Å². The van der Waals surface area contributed by atoms with E-state index >= 15 is 0 Å². The van der Waals surface area contributed by atoms with Gasteiger partial charge in [-0.3, -0.25) is 4.79 Å². The van der Waals surface area contributed by atoms with Crippen LogP contribution in [-0.4, -0.2) is 24.6 Å². The van der Waals surface area contributed by atoms with Gasteiger partial charge in [-0.05, 0) is 38.3 Å². The quantitative estimate of drug-likeness (QED) is 0.865. The lowest BCUT2D eigenvalue weighted by Gasteiger charge is -2.37. The number of carbonyl (C=O) groups excluding carboxylic acids is 1. The van der Waals surface area contributed by atoms with Crippen molar-refractivity contribution in [2.75, 3.05) is 11.4 Å². The van der Waals surface area contributed by atoms with E-state index in [1.54, 1.807) is 11.0 Å².